The van der Waals surface area contributed by atoms with Crippen LogP contribution < -0.4 is 0 Å². The van der Waals surface area contributed by atoms with Crippen molar-refractivity contribution in [3.63, 3.8) is 0 Å². The number of benzene rings is 1. The van der Waals surface area contributed by atoms with Gasteiger partial charge in [-0.1, -0.05) is 23.4 Å². The maximum Gasteiger partial charge on any atom is 0.0981 e. The molecule has 2 unspecified atom stereocenters. The minimum atomic E-state index is -0.554. The molecule has 1 aromatic carbocycles. The smallest absolute Gasteiger partial charge is 0.0981 e. The molecule has 1 aliphatic rings. The lowest BCUT2D eigenvalue weighted by Crippen LogP contribution is -2.12. The van der Waals surface area contributed by atoms with E-state index in [2.05, 4.69) is 10.3 Å². The van der Waals surface area contributed by atoms with E-state index in [1.54, 1.807) is 10.9 Å². The van der Waals surface area contributed by atoms with E-state index in [-0.39, 0.29) is 0 Å². The number of hydrogen-bond donors (Lipinski definition) is 1. The van der Waals surface area contributed by atoms with Crippen LogP contribution in [0.4, 0.5) is 0 Å². The van der Waals surface area contributed by atoms with Crippen LogP contribution >= 0.6 is 0 Å². The van der Waals surface area contributed by atoms with Crippen LogP contribution in [0.3, 0.4) is 0 Å². The number of aliphatic hydroxyl groups excluding tert-OH is 1. The first kappa shape index (κ1) is 12.3. The molecule has 2 aromatic rings. The van der Waals surface area contributed by atoms with Crippen molar-refractivity contribution in [1.82, 2.24) is 15.0 Å². The van der Waals surface area contributed by atoms with Crippen molar-refractivity contribution in [2.75, 3.05) is 13.2 Å². The predicted molar refractivity (Wildman–Crippen MR) is 69.9 cm³/mol. The molecule has 5 heteroatoms. The summed E-state index contributed by atoms with van der Waals surface area (Å²) in [5.41, 5.74) is 1.65. The van der Waals surface area contributed by atoms with Crippen LogP contribution in [-0.4, -0.2) is 33.3 Å². The maximum absolute atomic E-state index is 10.4. The summed E-state index contributed by atoms with van der Waals surface area (Å²) in [7, 11) is 0. The van der Waals surface area contributed by atoms with Crippen LogP contribution in [0.25, 0.3) is 5.69 Å². The van der Waals surface area contributed by atoms with E-state index in [4.69, 9.17) is 4.74 Å². The number of aromatic nitrogens is 3. The normalized spacial score (nSPS) is 20.6. The van der Waals surface area contributed by atoms with Gasteiger partial charge < -0.3 is 9.84 Å². The fourth-order valence-electron chi connectivity index (χ4n) is 2.45. The highest BCUT2D eigenvalue weighted by molar-refractivity contribution is 5.31. The average molecular weight is 259 g/mol. The summed E-state index contributed by atoms with van der Waals surface area (Å²) in [6, 6.07) is 9.73. The number of rotatable bonds is 4. The zero-order valence-electron chi connectivity index (χ0n) is 10.6. The molecule has 0 bridgehead atoms. The molecule has 1 saturated heterocycles. The zero-order valence-corrected chi connectivity index (χ0v) is 10.6. The van der Waals surface area contributed by atoms with Crippen LogP contribution in [0.2, 0.25) is 0 Å². The third kappa shape index (κ3) is 2.67. The number of nitrogens with zero attached hydrogens (tertiary/aromatic N) is 3. The van der Waals surface area contributed by atoms with Crippen LogP contribution in [0.5, 0.6) is 0 Å². The Morgan fingerprint density at radius 3 is 2.95 bits per heavy atom. The molecular weight excluding hydrogens is 242 g/mol. The molecule has 0 aliphatic carbocycles. The molecule has 5 nitrogen and oxygen atoms in total. The fourth-order valence-corrected chi connectivity index (χ4v) is 2.45. The quantitative estimate of drug-likeness (QED) is 0.908. The number of para-hydroxylation sites is 1. The molecule has 100 valence electrons. The molecule has 2 atom stereocenters. The predicted octanol–water partition coefficient (Wildman–Crippen LogP) is 1.73. The lowest BCUT2D eigenvalue weighted by atomic mass is 9.99. The van der Waals surface area contributed by atoms with Crippen molar-refractivity contribution in [3.8, 4) is 5.69 Å². The van der Waals surface area contributed by atoms with E-state index in [0.717, 1.165) is 31.0 Å². The molecule has 19 heavy (non-hydrogen) atoms. The molecule has 3 rings (SSSR count). The van der Waals surface area contributed by atoms with E-state index >= 15 is 0 Å². The first-order valence-electron chi connectivity index (χ1n) is 6.56. The standard InChI is InChI=1S/C14H17N3O2/c18-14(8-11-6-7-19-10-11)13-9-15-16-17(13)12-4-2-1-3-5-12/h1-5,9,11,14,18H,6-8,10H2. The summed E-state index contributed by atoms with van der Waals surface area (Å²) in [5.74, 6) is 0.425. The van der Waals surface area contributed by atoms with Gasteiger partial charge in [-0.2, -0.15) is 0 Å². The number of ether oxygens (including phenoxy) is 1. The Morgan fingerprint density at radius 1 is 1.37 bits per heavy atom. The summed E-state index contributed by atoms with van der Waals surface area (Å²) in [6.45, 7) is 1.54. The van der Waals surface area contributed by atoms with Crippen molar-refractivity contribution in [3.05, 3.63) is 42.2 Å². The molecule has 0 radical (unpaired) electrons. The van der Waals surface area contributed by atoms with Gasteiger partial charge in [0, 0.05) is 13.2 Å². The Balaban J connectivity index is 1.79. The highest BCUT2D eigenvalue weighted by atomic mass is 16.5. The van der Waals surface area contributed by atoms with Gasteiger partial charge in [0.25, 0.3) is 0 Å². The average Bonchev–Trinajstić information content (AvgIpc) is 3.10. The molecular formula is C14H17N3O2. The maximum atomic E-state index is 10.4. The fraction of sp³-hybridized carbons (Fsp3) is 0.429. The molecule has 1 aromatic heterocycles. The monoisotopic (exact) mass is 259 g/mol. The SMILES string of the molecule is OC(CC1CCOC1)c1cnnn1-c1ccccc1. The van der Waals surface area contributed by atoms with Gasteiger partial charge in [-0.15, -0.1) is 5.10 Å². The van der Waals surface area contributed by atoms with E-state index in [1.807, 2.05) is 30.3 Å². The first-order chi connectivity index (χ1) is 9.34. The van der Waals surface area contributed by atoms with Gasteiger partial charge in [-0.25, -0.2) is 4.68 Å². The van der Waals surface area contributed by atoms with Crippen molar-refractivity contribution in [1.29, 1.82) is 0 Å². The lowest BCUT2D eigenvalue weighted by Gasteiger charge is -2.15. The molecule has 1 N–H and O–H groups in total. The minimum absolute atomic E-state index is 0.425. The van der Waals surface area contributed by atoms with Crippen LogP contribution in [0.15, 0.2) is 36.5 Å². The molecule has 1 aliphatic heterocycles. The largest absolute Gasteiger partial charge is 0.387 e. The first-order valence-corrected chi connectivity index (χ1v) is 6.56. The van der Waals surface area contributed by atoms with Crippen molar-refractivity contribution in [2.24, 2.45) is 5.92 Å². The van der Waals surface area contributed by atoms with Gasteiger partial charge in [0.05, 0.1) is 23.7 Å². The summed E-state index contributed by atoms with van der Waals surface area (Å²) in [5, 5.41) is 18.3. The second-order valence-corrected chi connectivity index (χ2v) is 4.89. The van der Waals surface area contributed by atoms with Gasteiger partial charge >= 0.3 is 0 Å². The van der Waals surface area contributed by atoms with Crippen molar-refractivity contribution >= 4 is 0 Å². The third-order valence-corrected chi connectivity index (χ3v) is 3.50. The Bertz CT molecular complexity index is 520. The number of hydrogen-bond acceptors (Lipinski definition) is 4. The summed E-state index contributed by atoms with van der Waals surface area (Å²) in [4.78, 5) is 0. The summed E-state index contributed by atoms with van der Waals surface area (Å²) >= 11 is 0. The van der Waals surface area contributed by atoms with Gasteiger partial charge in [0.1, 0.15) is 0 Å². The topological polar surface area (TPSA) is 60.2 Å². The minimum Gasteiger partial charge on any atom is -0.387 e. The van der Waals surface area contributed by atoms with Crippen LogP contribution in [-0.2, 0) is 4.74 Å². The molecule has 0 saturated carbocycles. The van der Waals surface area contributed by atoms with E-state index in [1.165, 1.54) is 0 Å². The molecule has 0 spiro atoms. The van der Waals surface area contributed by atoms with E-state index in [0.29, 0.717) is 12.3 Å². The van der Waals surface area contributed by atoms with Crippen LogP contribution in [0, 0.1) is 5.92 Å². The highest BCUT2D eigenvalue weighted by Gasteiger charge is 2.23. The second-order valence-electron chi connectivity index (χ2n) is 4.89. The van der Waals surface area contributed by atoms with E-state index < -0.39 is 6.10 Å². The number of aliphatic hydroxyl groups is 1. The Morgan fingerprint density at radius 2 is 2.21 bits per heavy atom. The van der Waals surface area contributed by atoms with Gasteiger partial charge in [-0.05, 0) is 30.9 Å². The van der Waals surface area contributed by atoms with Gasteiger partial charge in [0.2, 0.25) is 0 Å². The Labute approximate surface area is 111 Å². The Kier molecular flexibility index (Phi) is 3.57. The summed E-state index contributed by atoms with van der Waals surface area (Å²) in [6.07, 6.45) is 2.79. The summed E-state index contributed by atoms with van der Waals surface area (Å²) < 4.78 is 7.04. The molecule has 1 fully saturated rings. The highest BCUT2D eigenvalue weighted by Crippen LogP contribution is 2.26. The second kappa shape index (κ2) is 5.50. The molecule has 0 amide bonds. The van der Waals surface area contributed by atoms with E-state index in [9.17, 15) is 5.11 Å². The lowest BCUT2D eigenvalue weighted by molar-refractivity contribution is 0.124. The van der Waals surface area contributed by atoms with Crippen molar-refractivity contribution in [2.45, 2.75) is 18.9 Å². The Hall–Kier alpha value is -1.72. The van der Waals surface area contributed by atoms with Crippen LogP contribution in [0.1, 0.15) is 24.6 Å². The van der Waals surface area contributed by atoms with Crippen molar-refractivity contribution < 1.29 is 9.84 Å². The van der Waals surface area contributed by atoms with Gasteiger partial charge in [-0.3, -0.25) is 0 Å². The van der Waals surface area contributed by atoms with Gasteiger partial charge in [0.15, 0.2) is 0 Å². The zero-order chi connectivity index (χ0) is 13.1. The third-order valence-electron chi connectivity index (χ3n) is 3.50. The molecule has 2 heterocycles.